The molecule has 1 N–H and O–H groups in total. The van der Waals surface area contributed by atoms with Crippen LogP contribution >= 0.6 is 23.1 Å². The predicted octanol–water partition coefficient (Wildman–Crippen LogP) is 5.23. The van der Waals surface area contributed by atoms with Crippen LogP contribution in [0.25, 0.3) is 0 Å². The second-order valence-electron chi connectivity index (χ2n) is 8.16. The first-order chi connectivity index (χ1) is 16.0. The van der Waals surface area contributed by atoms with Gasteiger partial charge in [-0.15, -0.1) is 21.5 Å². The molecule has 0 fully saturated rings. The molecule has 0 radical (unpaired) electrons. The molecule has 2 unspecified atom stereocenters. The lowest BCUT2D eigenvalue weighted by atomic mass is 9.89. The largest absolute Gasteiger partial charge is 0.483 e. The van der Waals surface area contributed by atoms with Gasteiger partial charge in [-0.1, -0.05) is 36.9 Å². The molecule has 172 valence electrons. The van der Waals surface area contributed by atoms with Gasteiger partial charge in [-0.2, -0.15) is 5.26 Å². The Morgan fingerprint density at radius 1 is 1.39 bits per heavy atom. The SMILES string of the molecule is CCn1c(SCC(=O)Nc2sc3c(c2C#N)CCC(C)C3)nnc1C(C)Oc1ccccc1. The van der Waals surface area contributed by atoms with Crippen molar-refractivity contribution < 1.29 is 9.53 Å². The molecule has 4 rings (SSSR count). The number of thioether (sulfide) groups is 1. The molecule has 3 aromatic rings. The van der Waals surface area contributed by atoms with Crippen molar-refractivity contribution in [2.24, 2.45) is 5.92 Å². The highest BCUT2D eigenvalue weighted by Crippen LogP contribution is 2.39. The van der Waals surface area contributed by atoms with Crippen LogP contribution in [0.3, 0.4) is 0 Å². The average molecular weight is 482 g/mol. The number of carbonyl (C=O) groups is 1. The van der Waals surface area contributed by atoms with E-state index in [0.29, 0.717) is 28.2 Å². The van der Waals surface area contributed by atoms with Crippen molar-refractivity contribution in [3.8, 4) is 11.8 Å². The Morgan fingerprint density at radius 2 is 2.18 bits per heavy atom. The number of thiophene rings is 1. The summed E-state index contributed by atoms with van der Waals surface area (Å²) in [6.07, 6.45) is 2.70. The first-order valence-corrected chi connectivity index (χ1v) is 12.9. The number of amides is 1. The number of para-hydroxylation sites is 1. The standard InChI is InChI=1S/C24H27N5O2S2/c1-4-29-22(16(3)31-17-8-6-5-7-9-17)27-28-24(29)32-14-21(30)26-23-19(13-25)18-11-10-15(2)12-20(18)33-23/h5-9,15-16H,4,10-12,14H2,1-3H3,(H,26,30). The van der Waals surface area contributed by atoms with Crippen LogP contribution in [0, 0.1) is 17.2 Å². The molecule has 0 spiro atoms. The van der Waals surface area contributed by atoms with E-state index in [-0.39, 0.29) is 17.8 Å². The van der Waals surface area contributed by atoms with Crippen LogP contribution in [0.1, 0.15) is 55.1 Å². The minimum atomic E-state index is -0.277. The summed E-state index contributed by atoms with van der Waals surface area (Å²) < 4.78 is 7.96. The minimum Gasteiger partial charge on any atom is -0.483 e. The summed E-state index contributed by atoms with van der Waals surface area (Å²) in [6.45, 7) is 6.85. The van der Waals surface area contributed by atoms with E-state index >= 15 is 0 Å². The van der Waals surface area contributed by atoms with E-state index in [1.165, 1.54) is 16.6 Å². The fraction of sp³-hybridized carbons (Fsp3) is 0.417. The molecule has 0 saturated carbocycles. The molecule has 9 heteroatoms. The molecule has 1 aromatic carbocycles. The monoisotopic (exact) mass is 481 g/mol. The Hall–Kier alpha value is -2.83. The zero-order valence-corrected chi connectivity index (χ0v) is 20.6. The van der Waals surface area contributed by atoms with E-state index in [4.69, 9.17) is 4.74 Å². The Balaban J connectivity index is 1.40. The number of fused-ring (bicyclic) bond motifs is 1. The van der Waals surface area contributed by atoms with Crippen LogP contribution < -0.4 is 10.1 Å². The first kappa shape index (κ1) is 23.3. The third-order valence-electron chi connectivity index (χ3n) is 5.69. The predicted molar refractivity (Wildman–Crippen MR) is 131 cm³/mol. The van der Waals surface area contributed by atoms with E-state index in [1.54, 1.807) is 11.3 Å². The maximum atomic E-state index is 12.7. The lowest BCUT2D eigenvalue weighted by Gasteiger charge is -2.17. The molecule has 1 aliphatic rings. The van der Waals surface area contributed by atoms with Gasteiger partial charge in [0.2, 0.25) is 5.91 Å². The van der Waals surface area contributed by atoms with Gasteiger partial charge < -0.3 is 14.6 Å². The molecule has 2 heterocycles. The van der Waals surface area contributed by atoms with Crippen LogP contribution in [0.2, 0.25) is 0 Å². The van der Waals surface area contributed by atoms with Gasteiger partial charge in [-0.3, -0.25) is 4.79 Å². The summed E-state index contributed by atoms with van der Waals surface area (Å²) in [4.78, 5) is 13.9. The normalized spacial score (nSPS) is 16.0. The number of nitrogens with one attached hydrogen (secondary N) is 1. The number of hydrogen-bond donors (Lipinski definition) is 1. The van der Waals surface area contributed by atoms with Crippen molar-refractivity contribution in [2.75, 3.05) is 11.1 Å². The minimum absolute atomic E-state index is 0.149. The summed E-state index contributed by atoms with van der Waals surface area (Å²) in [6, 6.07) is 11.9. The maximum Gasteiger partial charge on any atom is 0.235 e. The van der Waals surface area contributed by atoms with Crippen LogP contribution in [-0.2, 0) is 24.2 Å². The molecule has 0 aliphatic heterocycles. The van der Waals surface area contributed by atoms with E-state index in [0.717, 1.165) is 36.4 Å². The molecule has 2 atom stereocenters. The average Bonchev–Trinajstić information content (AvgIpc) is 3.38. The Labute approximate surface area is 202 Å². The van der Waals surface area contributed by atoms with Gasteiger partial charge in [0.15, 0.2) is 17.1 Å². The van der Waals surface area contributed by atoms with E-state index in [9.17, 15) is 10.1 Å². The van der Waals surface area contributed by atoms with Crippen molar-refractivity contribution in [3.05, 3.63) is 52.2 Å². The lowest BCUT2D eigenvalue weighted by Crippen LogP contribution is -2.15. The maximum absolute atomic E-state index is 12.7. The summed E-state index contributed by atoms with van der Waals surface area (Å²) in [5, 5.41) is 22.6. The molecule has 33 heavy (non-hydrogen) atoms. The molecule has 2 aromatic heterocycles. The second-order valence-corrected chi connectivity index (χ2v) is 10.2. The summed E-state index contributed by atoms with van der Waals surface area (Å²) in [7, 11) is 0. The molecule has 0 saturated heterocycles. The topological polar surface area (TPSA) is 92.8 Å². The number of hydrogen-bond acceptors (Lipinski definition) is 7. The van der Waals surface area contributed by atoms with Crippen LogP contribution in [0.15, 0.2) is 35.5 Å². The van der Waals surface area contributed by atoms with E-state index in [1.807, 2.05) is 48.7 Å². The third kappa shape index (κ3) is 5.23. The van der Waals surface area contributed by atoms with Gasteiger partial charge in [0, 0.05) is 11.4 Å². The summed E-state index contributed by atoms with van der Waals surface area (Å²) in [5.74, 6) is 2.14. The highest BCUT2D eigenvalue weighted by molar-refractivity contribution is 7.99. The van der Waals surface area contributed by atoms with Gasteiger partial charge in [-0.05, 0) is 56.7 Å². The molecule has 7 nitrogen and oxygen atoms in total. The molecular formula is C24H27N5O2S2. The van der Waals surface area contributed by atoms with Crippen molar-refractivity contribution in [2.45, 2.75) is 57.8 Å². The highest BCUT2D eigenvalue weighted by Gasteiger charge is 2.25. The third-order valence-corrected chi connectivity index (χ3v) is 7.83. The van der Waals surface area contributed by atoms with E-state index < -0.39 is 0 Å². The Morgan fingerprint density at radius 3 is 2.91 bits per heavy atom. The molecule has 1 aliphatic carbocycles. The molecule has 0 bridgehead atoms. The quantitative estimate of drug-likeness (QED) is 0.443. The number of carbonyl (C=O) groups excluding carboxylic acids is 1. The molecular weight excluding hydrogens is 454 g/mol. The number of nitrogens with zero attached hydrogens (tertiary/aromatic N) is 4. The van der Waals surface area contributed by atoms with E-state index in [2.05, 4.69) is 28.5 Å². The number of nitriles is 1. The van der Waals surface area contributed by atoms with Gasteiger partial charge in [0.1, 0.15) is 16.8 Å². The number of rotatable bonds is 8. The fourth-order valence-corrected chi connectivity index (χ4v) is 6.20. The Bertz CT molecular complexity index is 1170. The van der Waals surface area contributed by atoms with Crippen molar-refractivity contribution in [1.82, 2.24) is 14.8 Å². The van der Waals surface area contributed by atoms with Crippen molar-refractivity contribution >= 4 is 34.0 Å². The summed E-state index contributed by atoms with van der Waals surface area (Å²) >= 11 is 2.88. The van der Waals surface area contributed by atoms with Gasteiger partial charge in [-0.25, -0.2) is 0 Å². The van der Waals surface area contributed by atoms with Crippen LogP contribution in [0.4, 0.5) is 5.00 Å². The zero-order chi connectivity index (χ0) is 23.4. The number of anilines is 1. The van der Waals surface area contributed by atoms with Gasteiger partial charge >= 0.3 is 0 Å². The number of aromatic nitrogens is 3. The number of ether oxygens (including phenoxy) is 1. The van der Waals surface area contributed by atoms with Crippen molar-refractivity contribution in [1.29, 1.82) is 5.26 Å². The van der Waals surface area contributed by atoms with Gasteiger partial charge in [0.25, 0.3) is 0 Å². The van der Waals surface area contributed by atoms with Gasteiger partial charge in [0.05, 0.1) is 11.3 Å². The fourth-order valence-electron chi connectivity index (χ4n) is 4.01. The second kappa shape index (κ2) is 10.4. The first-order valence-electron chi connectivity index (χ1n) is 11.1. The molecule has 1 amide bonds. The zero-order valence-electron chi connectivity index (χ0n) is 19.0. The lowest BCUT2D eigenvalue weighted by molar-refractivity contribution is -0.113. The Kier molecular flexibility index (Phi) is 7.36. The number of benzene rings is 1. The highest BCUT2D eigenvalue weighted by atomic mass is 32.2. The van der Waals surface area contributed by atoms with Crippen molar-refractivity contribution in [3.63, 3.8) is 0 Å². The smallest absolute Gasteiger partial charge is 0.235 e. The summed E-state index contributed by atoms with van der Waals surface area (Å²) in [5.41, 5.74) is 1.75. The van der Waals surface area contributed by atoms with Crippen LogP contribution in [0.5, 0.6) is 5.75 Å². The van der Waals surface area contributed by atoms with Crippen LogP contribution in [-0.4, -0.2) is 26.4 Å².